The average Bonchev–Trinajstić information content (AvgIpc) is 2.32. The second kappa shape index (κ2) is 4.41. The Morgan fingerprint density at radius 2 is 2.18 bits per heavy atom. The van der Waals surface area contributed by atoms with Gasteiger partial charge in [-0.2, -0.15) is 0 Å². The number of benzene rings is 1. The van der Waals surface area contributed by atoms with Gasteiger partial charge in [0.15, 0.2) is 5.43 Å². The van der Waals surface area contributed by atoms with Crippen LogP contribution in [0.15, 0.2) is 29.2 Å². The maximum atomic E-state index is 12.0. The van der Waals surface area contributed by atoms with E-state index in [-0.39, 0.29) is 11.8 Å². The Kier molecular flexibility index (Phi) is 2.95. The smallest absolute Gasteiger partial charge is 0.308 e. The van der Waals surface area contributed by atoms with Crippen molar-refractivity contribution >= 4 is 16.9 Å². The second-order valence-corrected chi connectivity index (χ2v) is 3.95. The summed E-state index contributed by atoms with van der Waals surface area (Å²) in [6.45, 7) is 2.01. The fourth-order valence-corrected chi connectivity index (χ4v) is 1.82. The lowest BCUT2D eigenvalue weighted by atomic mass is 10.1. The number of carboxylic acids is 1. The molecular formula is C13H13NO3. The Bertz CT molecular complexity index is 628. The summed E-state index contributed by atoms with van der Waals surface area (Å²) in [5.41, 5.74) is 1.89. The lowest BCUT2D eigenvalue weighted by Gasteiger charge is -2.03. The van der Waals surface area contributed by atoms with E-state index in [0.717, 1.165) is 17.5 Å². The van der Waals surface area contributed by atoms with Crippen molar-refractivity contribution in [3.8, 4) is 0 Å². The van der Waals surface area contributed by atoms with Gasteiger partial charge in [0.1, 0.15) is 0 Å². The summed E-state index contributed by atoms with van der Waals surface area (Å²) in [7, 11) is 0. The van der Waals surface area contributed by atoms with E-state index in [2.05, 4.69) is 4.98 Å². The average molecular weight is 231 g/mol. The molecule has 4 heteroatoms. The number of fused-ring (bicyclic) bond motifs is 1. The molecule has 0 bridgehead atoms. The number of H-pyrrole nitrogens is 1. The van der Waals surface area contributed by atoms with Gasteiger partial charge in [-0.15, -0.1) is 0 Å². The van der Waals surface area contributed by atoms with Crippen molar-refractivity contribution in [2.75, 3.05) is 0 Å². The summed E-state index contributed by atoms with van der Waals surface area (Å²) in [6.07, 6.45) is 2.07. The molecule has 2 aromatic rings. The van der Waals surface area contributed by atoms with E-state index in [4.69, 9.17) is 5.11 Å². The zero-order valence-electron chi connectivity index (χ0n) is 9.49. The van der Waals surface area contributed by atoms with Gasteiger partial charge in [-0.25, -0.2) is 0 Å². The summed E-state index contributed by atoms with van der Waals surface area (Å²) >= 11 is 0. The van der Waals surface area contributed by atoms with Crippen LogP contribution in [0, 0.1) is 0 Å². The Hall–Kier alpha value is -2.10. The monoisotopic (exact) mass is 231 g/mol. The van der Waals surface area contributed by atoms with Gasteiger partial charge in [-0.05, 0) is 24.1 Å². The minimum Gasteiger partial charge on any atom is -0.481 e. The first-order valence-electron chi connectivity index (χ1n) is 5.47. The molecule has 0 radical (unpaired) electrons. The van der Waals surface area contributed by atoms with Gasteiger partial charge < -0.3 is 10.1 Å². The zero-order valence-corrected chi connectivity index (χ0v) is 9.49. The Balaban J connectivity index is 2.64. The molecule has 0 saturated carbocycles. The Morgan fingerprint density at radius 1 is 1.41 bits per heavy atom. The lowest BCUT2D eigenvalue weighted by Crippen LogP contribution is -2.14. The molecule has 0 atom stereocenters. The van der Waals surface area contributed by atoms with E-state index in [9.17, 15) is 9.59 Å². The van der Waals surface area contributed by atoms with Crippen molar-refractivity contribution < 1.29 is 9.90 Å². The normalized spacial score (nSPS) is 10.6. The lowest BCUT2D eigenvalue weighted by molar-refractivity contribution is -0.136. The van der Waals surface area contributed by atoms with E-state index < -0.39 is 5.97 Å². The third-order valence-electron chi connectivity index (χ3n) is 2.77. The molecule has 4 nitrogen and oxygen atoms in total. The number of hydrogen-bond donors (Lipinski definition) is 2. The standard InChI is InChI=1S/C13H13NO3/c1-2-8-3-4-11-10(5-8)13(17)9(7-14-11)6-12(15)16/h3-5,7H,2,6H2,1H3,(H,14,17)(H,15,16). The molecule has 0 fully saturated rings. The summed E-state index contributed by atoms with van der Waals surface area (Å²) in [5.74, 6) is -0.999. The predicted octanol–water partition coefficient (Wildman–Crippen LogP) is 1.72. The number of rotatable bonds is 3. The Morgan fingerprint density at radius 3 is 2.82 bits per heavy atom. The first-order chi connectivity index (χ1) is 8.11. The molecule has 0 aliphatic heterocycles. The molecule has 2 N–H and O–H groups in total. The van der Waals surface area contributed by atoms with Gasteiger partial charge in [-0.3, -0.25) is 9.59 Å². The van der Waals surface area contributed by atoms with Crippen molar-refractivity contribution in [2.24, 2.45) is 0 Å². The highest BCUT2D eigenvalue weighted by molar-refractivity contribution is 5.81. The van der Waals surface area contributed by atoms with E-state index >= 15 is 0 Å². The van der Waals surface area contributed by atoms with Crippen molar-refractivity contribution in [3.63, 3.8) is 0 Å². The third-order valence-corrected chi connectivity index (χ3v) is 2.77. The summed E-state index contributed by atoms with van der Waals surface area (Å²) < 4.78 is 0. The molecule has 88 valence electrons. The number of aryl methyl sites for hydroxylation is 1. The molecule has 0 spiro atoms. The quantitative estimate of drug-likeness (QED) is 0.844. The van der Waals surface area contributed by atoms with Gasteiger partial charge in [0.05, 0.1) is 6.42 Å². The van der Waals surface area contributed by atoms with Crippen LogP contribution in [0.1, 0.15) is 18.1 Å². The maximum Gasteiger partial charge on any atom is 0.308 e. The number of hydrogen-bond acceptors (Lipinski definition) is 2. The van der Waals surface area contributed by atoms with Gasteiger partial charge in [-0.1, -0.05) is 13.0 Å². The van der Waals surface area contributed by atoms with Crippen molar-refractivity contribution in [2.45, 2.75) is 19.8 Å². The number of pyridine rings is 1. The van der Waals surface area contributed by atoms with Crippen LogP contribution < -0.4 is 5.43 Å². The molecule has 0 unspecified atom stereocenters. The van der Waals surface area contributed by atoms with Crippen LogP contribution in [0.5, 0.6) is 0 Å². The van der Waals surface area contributed by atoms with Crippen LogP contribution in [0.4, 0.5) is 0 Å². The first-order valence-corrected chi connectivity index (χ1v) is 5.47. The highest BCUT2D eigenvalue weighted by atomic mass is 16.4. The molecule has 1 aromatic heterocycles. The molecule has 0 aliphatic carbocycles. The molecule has 0 aliphatic rings. The fraction of sp³-hybridized carbons (Fsp3) is 0.231. The third kappa shape index (κ3) is 2.20. The molecule has 2 rings (SSSR count). The summed E-state index contributed by atoms with van der Waals surface area (Å²) in [5, 5.41) is 9.27. The largest absolute Gasteiger partial charge is 0.481 e. The van der Waals surface area contributed by atoms with Crippen LogP contribution in [-0.4, -0.2) is 16.1 Å². The molecule has 1 heterocycles. The fourth-order valence-electron chi connectivity index (χ4n) is 1.82. The minimum atomic E-state index is -0.999. The van der Waals surface area contributed by atoms with Crippen molar-refractivity contribution in [1.82, 2.24) is 4.98 Å². The van der Waals surface area contributed by atoms with E-state index in [1.165, 1.54) is 6.20 Å². The Labute approximate surface area is 97.9 Å². The molecule has 0 saturated heterocycles. The van der Waals surface area contributed by atoms with Crippen molar-refractivity contribution in [1.29, 1.82) is 0 Å². The maximum absolute atomic E-state index is 12.0. The van der Waals surface area contributed by atoms with E-state index in [1.54, 1.807) is 0 Å². The second-order valence-electron chi connectivity index (χ2n) is 3.95. The molecule has 17 heavy (non-hydrogen) atoms. The van der Waals surface area contributed by atoms with Crippen LogP contribution in [0.2, 0.25) is 0 Å². The molecule has 0 amide bonds. The van der Waals surface area contributed by atoms with E-state index in [1.807, 2.05) is 25.1 Å². The van der Waals surface area contributed by atoms with Crippen LogP contribution in [0.3, 0.4) is 0 Å². The van der Waals surface area contributed by atoms with Gasteiger partial charge in [0.2, 0.25) is 0 Å². The first kappa shape index (κ1) is 11.4. The number of aromatic nitrogens is 1. The highest BCUT2D eigenvalue weighted by Gasteiger charge is 2.08. The molecular weight excluding hydrogens is 218 g/mol. The van der Waals surface area contributed by atoms with Crippen LogP contribution in [-0.2, 0) is 17.6 Å². The summed E-state index contributed by atoms with van der Waals surface area (Å²) in [4.78, 5) is 25.6. The van der Waals surface area contributed by atoms with Gasteiger partial charge in [0, 0.05) is 22.7 Å². The number of aromatic amines is 1. The van der Waals surface area contributed by atoms with Crippen LogP contribution in [0.25, 0.3) is 10.9 Å². The van der Waals surface area contributed by atoms with Gasteiger partial charge in [0.25, 0.3) is 0 Å². The van der Waals surface area contributed by atoms with Crippen molar-refractivity contribution in [3.05, 3.63) is 45.7 Å². The predicted molar refractivity (Wildman–Crippen MR) is 65.3 cm³/mol. The number of nitrogens with one attached hydrogen (secondary N) is 1. The topological polar surface area (TPSA) is 70.2 Å². The van der Waals surface area contributed by atoms with Gasteiger partial charge >= 0.3 is 5.97 Å². The zero-order chi connectivity index (χ0) is 12.4. The molecule has 1 aromatic carbocycles. The number of carboxylic acid groups (broad SMARTS) is 1. The minimum absolute atomic E-state index is 0.198. The number of carbonyl (C=O) groups is 1. The van der Waals surface area contributed by atoms with Crippen LogP contribution >= 0.6 is 0 Å². The summed E-state index contributed by atoms with van der Waals surface area (Å²) in [6, 6.07) is 5.62. The SMILES string of the molecule is CCc1ccc2[nH]cc(CC(=O)O)c(=O)c2c1. The van der Waals surface area contributed by atoms with E-state index in [0.29, 0.717) is 10.9 Å². The number of aliphatic carboxylic acids is 1. The highest BCUT2D eigenvalue weighted by Crippen LogP contribution is 2.11.